The van der Waals surface area contributed by atoms with Crippen molar-refractivity contribution >= 4 is 34.4 Å². The van der Waals surface area contributed by atoms with E-state index in [-0.39, 0.29) is 12.5 Å². The highest BCUT2D eigenvalue weighted by Crippen LogP contribution is 2.26. The number of imidazole rings is 1. The van der Waals surface area contributed by atoms with Gasteiger partial charge in [0.1, 0.15) is 11.5 Å². The minimum Gasteiger partial charge on any atom is -0.457 e. The average molecular weight is 535 g/mol. The van der Waals surface area contributed by atoms with E-state index in [2.05, 4.69) is 20.3 Å². The first-order valence-electron chi connectivity index (χ1n) is 11.7. The van der Waals surface area contributed by atoms with Gasteiger partial charge < -0.3 is 19.7 Å². The molecule has 0 fully saturated rings. The predicted molar refractivity (Wildman–Crippen MR) is 143 cm³/mol. The molecule has 0 saturated carbocycles. The lowest BCUT2D eigenvalue weighted by atomic mass is 10.1. The van der Waals surface area contributed by atoms with Gasteiger partial charge >= 0.3 is 5.56 Å². The highest BCUT2D eigenvalue weighted by Gasteiger charge is 2.21. The van der Waals surface area contributed by atoms with Crippen molar-refractivity contribution in [1.29, 1.82) is 0 Å². The highest BCUT2D eigenvalue weighted by atomic mass is 35.5. The first-order valence-corrected chi connectivity index (χ1v) is 12.1. The van der Waals surface area contributed by atoms with Crippen LogP contribution in [0.3, 0.4) is 0 Å². The second-order valence-electron chi connectivity index (χ2n) is 9.38. The van der Waals surface area contributed by atoms with Crippen LogP contribution in [0.15, 0.2) is 78.0 Å². The van der Waals surface area contributed by atoms with Gasteiger partial charge in [-0.15, -0.1) is 0 Å². The topological polar surface area (TPSA) is 107 Å². The van der Waals surface area contributed by atoms with E-state index in [1.807, 2.05) is 12.1 Å². The van der Waals surface area contributed by atoms with Crippen LogP contribution in [0.25, 0.3) is 11.2 Å². The third-order valence-electron chi connectivity index (χ3n) is 5.60. The fourth-order valence-corrected chi connectivity index (χ4v) is 4.10. The lowest BCUT2D eigenvalue weighted by Gasteiger charge is -2.19. The van der Waals surface area contributed by atoms with Crippen LogP contribution in [-0.2, 0) is 13.1 Å². The van der Waals surface area contributed by atoms with E-state index in [1.54, 1.807) is 65.4 Å². The predicted octanol–water partition coefficient (Wildman–Crippen LogP) is 5.14. The Morgan fingerprint density at radius 1 is 1.05 bits per heavy atom. The van der Waals surface area contributed by atoms with Crippen LogP contribution in [0.2, 0.25) is 5.02 Å². The van der Waals surface area contributed by atoms with Gasteiger partial charge in [-0.2, -0.15) is 9.37 Å². The van der Waals surface area contributed by atoms with Crippen molar-refractivity contribution in [2.45, 2.75) is 32.5 Å². The van der Waals surface area contributed by atoms with Gasteiger partial charge in [-0.05, 0) is 61.9 Å². The Hall–Kier alpha value is -4.28. The minimum atomic E-state index is -1.05. The number of rotatable bonds is 8. The van der Waals surface area contributed by atoms with Gasteiger partial charge in [0.05, 0.1) is 25.0 Å². The molecule has 0 radical (unpaired) electrons. The van der Waals surface area contributed by atoms with Crippen LogP contribution in [0, 0.1) is 5.95 Å². The largest absolute Gasteiger partial charge is 0.457 e. The molecule has 0 atom stereocenters. The molecule has 194 valence electrons. The van der Waals surface area contributed by atoms with E-state index in [9.17, 15) is 14.3 Å². The molecule has 3 aromatic heterocycles. The number of hydrogen-bond acceptors (Lipinski definition) is 7. The van der Waals surface area contributed by atoms with Gasteiger partial charge in [-0.3, -0.25) is 9.36 Å². The molecule has 3 heterocycles. The fraction of sp³-hybridized carbons (Fsp3) is 0.185. The lowest BCUT2D eigenvalue weighted by molar-refractivity contribution is 0.0626. The number of nitrogens with one attached hydrogen (secondary N) is 1. The van der Waals surface area contributed by atoms with Gasteiger partial charge in [-0.1, -0.05) is 23.7 Å². The molecule has 0 aliphatic carbocycles. The van der Waals surface area contributed by atoms with Crippen LogP contribution in [0.1, 0.15) is 19.4 Å². The van der Waals surface area contributed by atoms with Crippen LogP contribution < -0.4 is 15.6 Å². The zero-order valence-corrected chi connectivity index (χ0v) is 21.4. The van der Waals surface area contributed by atoms with Crippen molar-refractivity contribution in [3.05, 3.63) is 100 Å². The number of pyridine rings is 1. The maximum absolute atomic E-state index is 13.4. The van der Waals surface area contributed by atoms with Gasteiger partial charge in [-0.25, -0.2) is 9.97 Å². The molecule has 2 N–H and O–H groups in total. The number of nitrogens with zero attached hydrogens (tertiary/aromatic N) is 5. The summed E-state index contributed by atoms with van der Waals surface area (Å²) in [5, 5.41) is 14.1. The number of halogens is 2. The van der Waals surface area contributed by atoms with E-state index >= 15 is 0 Å². The number of anilines is 2. The second kappa shape index (κ2) is 10.2. The van der Waals surface area contributed by atoms with Gasteiger partial charge in [0, 0.05) is 23.0 Å². The van der Waals surface area contributed by atoms with Crippen molar-refractivity contribution in [1.82, 2.24) is 24.1 Å². The van der Waals surface area contributed by atoms with E-state index in [0.29, 0.717) is 39.9 Å². The Morgan fingerprint density at radius 2 is 1.79 bits per heavy atom. The van der Waals surface area contributed by atoms with Crippen molar-refractivity contribution < 1.29 is 14.2 Å². The van der Waals surface area contributed by atoms with E-state index in [4.69, 9.17) is 16.3 Å². The summed E-state index contributed by atoms with van der Waals surface area (Å²) in [6.07, 6.45) is 2.85. The SMILES string of the molecule is CC(C)(O)Cn1cnc2c1c(=O)nc(Nc1ccc(Oc3ccnc(F)c3)cc1)n2Cc1ccc(Cl)cc1. The van der Waals surface area contributed by atoms with E-state index < -0.39 is 17.1 Å². The molecular formula is C27H24ClFN6O3. The molecular weight excluding hydrogens is 511 g/mol. The number of aromatic nitrogens is 5. The Labute approximate surface area is 222 Å². The minimum absolute atomic E-state index is 0.178. The summed E-state index contributed by atoms with van der Waals surface area (Å²) >= 11 is 6.06. The molecule has 9 nitrogen and oxygen atoms in total. The first-order chi connectivity index (χ1) is 18.1. The summed E-state index contributed by atoms with van der Waals surface area (Å²) in [6.45, 7) is 3.86. The zero-order chi connectivity index (χ0) is 26.9. The first kappa shape index (κ1) is 25.4. The summed E-state index contributed by atoms with van der Waals surface area (Å²) in [4.78, 5) is 25.4. The number of hydrogen-bond donors (Lipinski definition) is 2. The van der Waals surface area contributed by atoms with E-state index in [0.717, 1.165) is 5.56 Å². The molecule has 11 heteroatoms. The quantitative estimate of drug-likeness (QED) is 0.266. The monoisotopic (exact) mass is 534 g/mol. The Kier molecular flexibility index (Phi) is 6.83. The molecule has 0 saturated heterocycles. The van der Waals surface area contributed by atoms with Crippen LogP contribution >= 0.6 is 11.6 Å². The third kappa shape index (κ3) is 5.82. The number of aliphatic hydroxyl groups is 1. The Balaban J connectivity index is 1.50. The normalized spacial score (nSPS) is 11.6. The van der Waals surface area contributed by atoms with Gasteiger partial charge in [0.2, 0.25) is 11.9 Å². The molecule has 5 rings (SSSR count). The van der Waals surface area contributed by atoms with Crippen LogP contribution in [-0.4, -0.2) is 34.8 Å². The summed E-state index contributed by atoms with van der Waals surface area (Å²) in [6, 6.07) is 17.0. The van der Waals surface area contributed by atoms with Crippen molar-refractivity contribution in [3.63, 3.8) is 0 Å². The Bertz CT molecular complexity index is 1640. The summed E-state index contributed by atoms with van der Waals surface area (Å²) in [7, 11) is 0. The molecule has 0 unspecified atom stereocenters. The third-order valence-corrected chi connectivity index (χ3v) is 5.85. The number of benzene rings is 2. The van der Waals surface area contributed by atoms with Crippen molar-refractivity contribution in [2.24, 2.45) is 0 Å². The van der Waals surface area contributed by atoms with Crippen LogP contribution in [0.4, 0.5) is 16.0 Å². The van der Waals surface area contributed by atoms with Gasteiger partial charge in [0.15, 0.2) is 11.2 Å². The summed E-state index contributed by atoms with van der Waals surface area (Å²) in [5.41, 5.74) is 0.756. The smallest absolute Gasteiger partial charge is 0.300 e. The molecule has 38 heavy (non-hydrogen) atoms. The molecule has 2 aromatic carbocycles. The second-order valence-corrected chi connectivity index (χ2v) is 9.81. The molecule has 0 spiro atoms. The van der Waals surface area contributed by atoms with Gasteiger partial charge in [0.25, 0.3) is 0 Å². The number of ether oxygens (including phenoxy) is 1. The molecule has 0 bridgehead atoms. The van der Waals surface area contributed by atoms with E-state index in [1.165, 1.54) is 18.6 Å². The lowest BCUT2D eigenvalue weighted by Crippen LogP contribution is -2.28. The highest BCUT2D eigenvalue weighted by molar-refractivity contribution is 6.30. The maximum Gasteiger partial charge on any atom is 0.300 e. The molecule has 0 aliphatic rings. The molecule has 0 aliphatic heterocycles. The summed E-state index contributed by atoms with van der Waals surface area (Å²) in [5.74, 6) is 0.471. The van der Waals surface area contributed by atoms with Crippen molar-refractivity contribution in [2.75, 3.05) is 5.32 Å². The van der Waals surface area contributed by atoms with Crippen LogP contribution in [0.5, 0.6) is 11.5 Å². The Morgan fingerprint density at radius 3 is 2.47 bits per heavy atom. The molecule has 5 aromatic rings. The standard InChI is InChI=1S/C27H24ClFN6O3/c1-27(2,37)15-34-16-31-24-23(34)25(36)33-26(35(24)14-17-3-5-18(28)6-4-17)32-19-7-9-20(10-8-19)38-21-11-12-30-22(29)13-21/h3-13,16,37H,14-15H2,1-2H3,(H,32,33,36). The number of fused-ring (bicyclic) bond motifs is 1. The maximum atomic E-state index is 13.4. The average Bonchev–Trinajstić information content (AvgIpc) is 3.26. The zero-order valence-electron chi connectivity index (χ0n) is 20.6. The summed E-state index contributed by atoms with van der Waals surface area (Å²) < 4.78 is 22.4. The van der Waals surface area contributed by atoms with Crippen molar-refractivity contribution in [3.8, 4) is 11.5 Å². The molecule has 0 amide bonds. The fourth-order valence-electron chi connectivity index (χ4n) is 3.97.